The summed E-state index contributed by atoms with van der Waals surface area (Å²) in [6.07, 6.45) is 0.857. The van der Waals surface area contributed by atoms with Crippen molar-refractivity contribution in [2.75, 3.05) is 6.54 Å². The van der Waals surface area contributed by atoms with Gasteiger partial charge in [-0.2, -0.15) is 5.48 Å². The maximum Gasteiger partial charge on any atom is 0.285 e. The topological polar surface area (TPSA) is 96.5 Å². The van der Waals surface area contributed by atoms with E-state index in [-0.39, 0.29) is 18.9 Å². The highest BCUT2D eigenvalue weighted by Gasteiger charge is 2.17. The Balaban J connectivity index is 1.63. The van der Waals surface area contributed by atoms with Crippen molar-refractivity contribution in [3.05, 3.63) is 66.2 Å². The number of carbonyl (C=O) groups excluding carboxylic acids is 3. The number of carbonyl (C=O) groups is 3. The van der Waals surface area contributed by atoms with Gasteiger partial charge < -0.3 is 15.5 Å². The van der Waals surface area contributed by atoms with Gasteiger partial charge in [0, 0.05) is 6.42 Å². The summed E-state index contributed by atoms with van der Waals surface area (Å²) in [6.45, 7) is -0.239. The molecule has 0 radical (unpaired) electrons. The van der Waals surface area contributed by atoms with Gasteiger partial charge in [0.1, 0.15) is 0 Å². The second-order valence-corrected chi connectivity index (χ2v) is 6.13. The maximum absolute atomic E-state index is 11.8. The molecule has 27 heavy (non-hydrogen) atoms. The van der Waals surface area contributed by atoms with Crippen LogP contribution < -0.4 is 21.0 Å². The molecule has 2 aromatic carbocycles. The quantitative estimate of drug-likeness (QED) is 0.296. The predicted molar refractivity (Wildman–Crippen MR) is 104 cm³/mol. The van der Waals surface area contributed by atoms with Gasteiger partial charge in [0.05, 0.1) is 6.54 Å². The van der Waals surface area contributed by atoms with Crippen LogP contribution in [0, 0.1) is 0 Å². The molecule has 0 saturated heterocycles. The number of benzene rings is 2. The number of aryl methyl sites for hydroxylation is 1. The third-order valence-electron chi connectivity index (χ3n) is 3.49. The van der Waals surface area contributed by atoms with Crippen LogP contribution in [0.15, 0.2) is 60.7 Å². The number of nitrogens with one attached hydrogen (secondary N) is 3. The third-order valence-corrected chi connectivity index (χ3v) is 3.85. The Labute approximate surface area is 162 Å². The fraction of sp³-hybridized carbons (Fsp3) is 0.211. The van der Waals surface area contributed by atoms with Gasteiger partial charge in [-0.25, -0.2) is 0 Å². The molecule has 142 valence electrons. The molecule has 0 spiro atoms. The van der Waals surface area contributed by atoms with Gasteiger partial charge in [0.15, 0.2) is 11.1 Å². The number of rotatable bonds is 9. The molecule has 7 nitrogen and oxygen atoms in total. The molecular formula is C19H21N3O4S. The number of thiol groups is 1. The summed E-state index contributed by atoms with van der Waals surface area (Å²) in [6, 6.07) is 18.2. The van der Waals surface area contributed by atoms with E-state index in [0.29, 0.717) is 12.2 Å². The van der Waals surface area contributed by atoms with Gasteiger partial charge in [-0.05, 0) is 24.1 Å². The van der Waals surface area contributed by atoms with Crippen LogP contribution in [0.1, 0.15) is 12.0 Å². The molecule has 1 unspecified atom stereocenters. The Morgan fingerprint density at radius 3 is 2.22 bits per heavy atom. The van der Waals surface area contributed by atoms with Crippen LogP contribution in [0.4, 0.5) is 0 Å². The molecule has 1 atom stereocenters. The Morgan fingerprint density at radius 2 is 1.56 bits per heavy atom. The van der Waals surface area contributed by atoms with Crippen molar-refractivity contribution in [3.63, 3.8) is 0 Å². The minimum absolute atomic E-state index is 0.239. The first-order chi connectivity index (χ1) is 13.0. The molecular weight excluding hydrogens is 366 g/mol. The molecule has 8 heteroatoms. The summed E-state index contributed by atoms with van der Waals surface area (Å²) in [5.74, 6) is -0.964. The first-order valence-corrected chi connectivity index (χ1v) is 8.86. The SMILES string of the molecule is O=C(CCc1ccccc1)NCC(=O)NC(S)C(=O)NOc1ccccc1. The zero-order chi connectivity index (χ0) is 19.5. The van der Waals surface area contributed by atoms with Crippen LogP contribution >= 0.6 is 12.6 Å². The molecule has 3 N–H and O–H groups in total. The van der Waals surface area contributed by atoms with Crippen molar-refractivity contribution in [2.45, 2.75) is 18.2 Å². The fourth-order valence-corrected chi connectivity index (χ4v) is 2.29. The summed E-state index contributed by atoms with van der Waals surface area (Å²) in [7, 11) is 0. The van der Waals surface area contributed by atoms with Gasteiger partial charge in [-0.3, -0.25) is 14.4 Å². The van der Waals surface area contributed by atoms with Crippen molar-refractivity contribution in [3.8, 4) is 5.75 Å². The molecule has 2 aromatic rings. The van der Waals surface area contributed by atoms with E-state index in [4.69, 9.17) is 4.84 Å². The summed E-state index contributed by atoms with van der Waals surface area (Å²) in [5.41, 5.74) is 3.23. The van der Waals surface area contributed by atoms with Crippen LogP contribution in [0.2, 0.25) is 0 Å². The molecule has 0 fully saturated rings. The third kappa shape index (κ3) is 7.83. The van der Waals surface area contributed by atoms with Gasteiger partial charge >= 0.3 is 0 Å². The van der Waals surface area contributed by atoms with Gasteiger partial charge in [0.25, 0.3) is 5.91 Å². The molecule has 0 aromatic heterocycles. The predicted octanol–water partition coefficient (Wildman–Crippen LogP) is 1.22. The minimum atomic E-state index is -1.11. The van der Waals surface area contributed by atoms with E-state index >= 15 is 0 Å². The summed E-state index contributed by atoms with van der Waals surface area (Å²) >= 11 is 4.01. The lowest BCUT2D eigenvalue weighted by Crippen LogP contribution is -2.47. The largest absolute Gasteiger partial charge is 0.379 e. The van der Waals surface area contributed by atoms with E-state index in [1.165, 1.54) is 0 Å². The van der Waals surface area contributed by atoms with Gasteiger partial charge in [0.2, 0.25) is 11.8 Å². The monoisotopic (exact) mass is 387 g/mol. The van der Waals surface area contributed by atoms with Gasteiger partial charge in [-0.15, -0.1) is 12.6 Å². The Bertz CT molecular complexity index is 756. The average molecular weight is 387 g/mol. The first kappa shape index (κ1) is 20.3. The number of hydrogen-bond acceptors (Lipinski definition) is 5. The van der Waals surface area contributed by atoms with Crippen molar-refractivity contribution < 1.29 is 19.2 Å². The first-order valence-electron chi connectivity index (χ1n) is 8.34. The van der Waals surface area contributed by atoms with Crippen molar-refractivity contribution in [1.82, 2.24) is 16.1 Å². The summed E-state index contributed by atoms with van der Waals surface area (Å²) in [5, 5.41) is 3.76. The lowest BCUT2D eigenvalue weighted by Gasteiger charge is -2.14. The highest BCUT2D eigenvalue weighted by atomic mass is 32.1. The summed E-state index contributed by atoms with van der Waals surface area (Å²) in [4.78, 5) is 40.5. The molecule has 0 bridgehead atoms. The lowest BCUT2D eigenvalue weighted by molar-refractivity contribution is -0.131. The second-order valence-electron chi connectivity index (χ2n) is 5.61. The van der Waals surface area contributed by atoms with Crippen LogP contribution in [-0.4, -0.2) is 29.6 Å². The van der Waals surface area contributed by atoms with Crippen molar-refractivity contribution in [2.24, 2.45) is 0 Å². The number of hydrogen-bond donors (Lipinski definition) is 4. The van der Waals surface area contributed by atoms with E-state index in [0.717, 1.165) is 5.56 Å². The lowest BCUT2D eigenvalue weighted by atomic mass is 10.1. The molecule has 0 aliphatic rings. The molecule has 0 aliphatic heterocycles. The van der Waals surface area contributed by atoms with Crippen molar-refractivity contribution >= 4 is 30.4 Å². The van der Waals surface area contributed by atoms with Crippen LogP contribution in [0.3, 0.4) is 0 Å². The summed E-state index contributed by atoms with van der Waals surface area (Å²) < 4.78 is 0. The smallest absolute Gasteiger partial charge is 0.285 e. The van der Waals surface area contributed by atoms with E-state index in [9.17, 15) is 14.4 Å². The van der Waals surface area contributed by atoms with Crippen LogP contribution in [-0.2, 0) is 20.8 Å². The zero-order valence-corrected chi connectivity index (χ0v) is 15.4. The number of amides is 3. The van der Waals surface area contributed by atoms with E-state index in [1.54, 1.807) is 24.3 Å². The van der Waals surface area contributed by atoms with Gasteiger partial charge in [-0.1, -0.05) is 48.5 Å². The molecule has 0 saturated carbocycles. The highest BCUT2D eigenvalue weighted by Crippen LogP contribution is 2.06. The Kier molecular flexibility index (Phi) is 8.18. The average Bonchev–Trinajstić information content (AvgIpc) is 2.70. The molecule has 0 heterocycles. The van der Waals surface area contributed by atoms with E-state index in [2.05, 4.69) is 28.7 Å². The van der Waals surface area contributed by atoms with E-state index in [1.807, 2.05) is 36.4 Å². The molecule has 3 amide bonds. The molecule has 0 aliphatic carbocycles. The van der Waals surface area contributed by atoms with Crippen LogP contribution in [0.25, 0.3) is 0 Å². The number of hydroxylamine groups is 1. The van der Waals surface area contributed by atoms with Crippen LogP contribution in [0.5, 0.6) is 5.75 Å². The number of para-hydroxylation sites is 1. The fourth-order valence-electron chi connectivity index (χ4n) is 2.09. The Hall–Kier alpha value is -3.00. The standard InChI is InChI=1S/C19H21N3O4S/c23-16(12-11-14-7-3-1-4-8-14)20-13-17(24)21-19(27)18(25)22-26-15-9-5-2-6-10-15/h1-10,19,27H,11-13H2,(H,20,23)(H,21,24)(H,22,25). The zero-order valence-electron chi connectivity index (χ0n) is 14.6. The minimum Gasteiger partial charge on any atom is -0.379 e. The maximum atomic E-state index is 11.8. The Morgan fingerprint density at radius 1 is 0.926 bits per heavy atom. The highest BCUT2D eigenvalue weighted by molar-refractivity contribution is 7.81. The normalized spacial score (nSPS) is 11.1. The molecule has 2 rings (SSSR count). The van der Waals surface area contributed by atoms with Crippen molar-refractivity contribution in [1.29, 1.82) is 0 Å². The van der Waals surface area contributed by atoms with E-state index < -0.39 is 17.2 Å². The second kappa shape index (κ2) is 10.9.